The number of para-hydroxylation sites is 1. The fraction of sp³-hybridized carbons (Fsp3) is 0.304. The summed E-state index contributed by atoms with van der Waals surface area (Å²) < 4.78 is 17.2. The lowest BCUT2D eigenvalue weighted by atomic mass is 9.98. The third-order valence-corrected chi connectivity index (χ3v) is 5.10. The van der Waals surface area contributed by atoms with Crippen LogP contribution in [-0.2, 0) is 0 Å². The molecule has 30 heavy (non-hydrogen) atoms. The summed E-state index contributed by atoms with van der Waals surface area (Å²) >= 11 is 0. The van der Waals surface area contributed by atoms with Crippen molar-refractivity contribution < 1.29 is 23.8 Å². The minimum absolute atomic E-state index is 0.0176. The molecule has 1 aliphatic heterocycles. The minimum atomic E-state index is -0.685. The molecule has 0 saturated heterocycles. The molecule has 3 aromatic rings. The molecule has 2 aromatic carbocycles. The Morgan fingerprint density at radius 1 is 1.03 bits per heavy atom. The normalized spacial score (nSPS) is 15.5. The zero-order chi connectivity index (χ0) is 21.3. The third-order valence-electron chi connectivity index (χ3n) is 5.10. The van der Waals surface area contributed by atoms with Gasteiger partial charge in [0.05, 0.1) is 36.8 Å². The number of aliphatic hydroxyl groups is 1. The van der Waals surface area contributed by atoms with Gasteiger partial charge in [-0.05, 0) is 43.7 Å². The highest BCUT2D eigenvalue weighted by Crippen LogP contribution is 2.40. The van der Waals surface area contributed by atoms with Gasteiger partial charge in [0.2, 0.25) is 5.76 Å². The first-order chi connectivity index (χ1) is 14.6. The molecule has 156 valence electrons. The van der Waals surface area contributed by atoms with Crippen LogP contribution in [0, 0.1) is 0 Å². The highest BCUT2D eigenvalue weighted by Gasteiger charge is 2.42. The summed E-state index contributed by atoms with van der Waals surface area (Å²) in [5.74, 6) is 0.724. The van der Waals surface area contributed by atoms with E-state index in [9.17, 15) is 14.7 Å². The predicted octanol–water partition coefficient (Wildman–Crippen LogP) is 3.13. The number of hydrogen-bond acceptors (Lipinski definition) is 6. The van der Waals surface area contributed by atoms with Crippen molar-refractivity contribution in [3.05, 3.63) is 69.6 Å². The van der Waals surface area contributed by atoms with Crippen molar-refractivity contribution in [1.29, 1.82) is 0 Å². The molecule has 0 saturated carbocycles. The molecule has 7 heteroatoms. The van der Waals surface area contributed by atoms with E-state index in [1.807, 2.05) is 13.8 Å². The van der Waals surface area contributed by atoms with E-state index in [4.69, 9.17) is 13.9 Å². The van der Waals surface area contributed by atoms with Crippen molar-refractivity contribution in [2.24, 2.45) is 0 Å². The molecule has 1 aromatic heterocycles. The lowest BCUT2D eigenvalue weighted by molar-refractivity contribution is 0.0691. The predicted molar refractivity (Wildman–Crippen MR) is 111 cm³/mol. The smallest absolute Gasteiger partial charge is 0.290 e. The monoisotopic (exact) mass is 409 g/mol. The SMILES string of the molecule is CCOc1ccc([C@H]2c3c(oc4ccccc4c3=O)C(=O)N2CCO)cc1OCC. The van der Waals surface area contributed by atoms with Gasteiger partial charge in [-0.15, -0.1) is 0 Å². The molecule has 1 N–H and O–H groups in total. The molecule has 0 bridgehead atoms. The molecule has 1 amide bonds. The fourth-order valence-electron chi connectivity index (χ4n) is 3.89. The Balaban J connectivity index is 1.93. The van der Waals surface area contributed by atoms with Crippen LogP contribution < -0.4 is 14.9 Å². The van der Waals surface area contributed by atoms with E-state index in [-0.39, 0.29) is 29.9 Å². The second-order valence-corrected chi connectivity index (χ2v) is 6.87. The number of carbonyl (C=O) groups excluding carboxylic acids is 1. The second kappa shape index (κ2) is 8.20. The molecule has 0 radical (unpaired) electrons. The maximum atomic E-state index is 13.3. The molecule has 4 rings (SSSR count). The van der Waals surface area contributed by atoms with Crippen LogP contribution >= 0.6 is 0 Å². The van der Waals surface area contributed by atoms with Crippen molar-refractivity contribution in [1.82, 2.24) is 4.90 Å². The Morgan fingerprint density at radius 3 is 2.50 bits per heavy atom. The number of aliphatic hydroxyl groups excluding tert-OH is 1. The summed E-state index contributed by atoms with van der Waals surface area (Å²) in [4.78, 5) is 27.9. The summed E-state index contributed by atoms with van der Waals surface area (Å²) in [5.41, 5.74) is 1.07. The maximum absolute atomic E-state index is 13.3. The summed E-state index contributed by atoms with van der Waals surface area (Å²) in [5, 5.41) is 9.97. The van der Waals surface area contributed by atoms with E-state index in [0.29, 0.717) is 41.2 Å². The number of carbonyl (C=O) groups is 1. The highest BCUT2D eigenvalue weighted by atomic mass is 16.5. The number of ether oxygens (including phenoxy) is 2. The largest absolute Gasteiger partial charge is 0.490 e. The summed E-state index contributed by atoms with van der Waals surface area (Å²) in [6, 6.07) is 11.5. The molecule has 1 aliphatic rings. The van der Waals surface area contributed by atoms with Gasteiger partial charge in [0.1, 0.15) is 5.58 Å². The van der Waals surface area contributed by atoms with Gasteiger partial charge in [0.15, 0.2) is 16.9 Å². The number of benzene rings is 2. The van der Waals surface area contributed by atoms with E-state index < -0.39 is 11.9 Å². The molecular formula is C23H23NO6. The Morgan fingerprint density at radius 2 is 1.77 bits per heavy atom. The molecule has 0 aliphatic carbocycles. The molecule has 1 atom stereocenters. The average Bonchev–Trinajstić information content (AvgIpc) is 3.02. The van der Waals surface area contributed by atoms with E-state index in [1.54, 1.807) is 42.5 Å². The van der Waals surface area contributed by atoms with Gasteiger partial charge in [-0.3, -0.25) is 9.59 Å². The zero-order valence-corrected chi connectivity index (χ0v) is 16.9. The number of rotatable bonds is 7. The first-order valence-electron chi connectivity index (χ1n) is 9.97. The van der Waals surface area contributed by atoms with Crippen molar-refractivity contribution in [3.63, 3.8) is 0 Å². The Labute approximate surface area is 173 Å². The van der Waals surface area contributed by atoms with Crippen LogP contribution in [0.15, 0.2) is 51.7 Å². The van der Waals surface area contributed by atoms with Crippen LogP contribution in [-0.4, -0.2) is 42.3 Å². The van der Waals surface area contributed by atoms with E-state index in [0.717, 1.165) is 0 Å². The average molecular weight is 409 g/mol. The summed E-state index contributed by atoms with van der Waals surface area (Å²) in [6.07, 6.45) is 0. The standard InChI is InChI=1S/C23H23NO6/c1-3-28-17-10-9-14(13-18(17)29-4-2)20-19-21(26)15-7-5-6-8-16(15)30-22(19)23(27)24(20)11-12-25/h5-10,13,20,25H,3-4,11-12H2,1-2H3/t20-/m0/s1. The third kappa shape index (κ3) is 3.21. The quantitative estimate of drug-likeness (QED) is 0.645. The van der Waals surface area contributed by atoms with Crippen LogP contribution in [0.5, 0.6) is 11.5 Å². The summed E-state index contributed by atoms with van der Waals surface area (Å²) in [7, 11) is 0. The number of fused-ring (bicyclic) bond motifs is 2. The Kier molecular flexibility index (Phi) is 5.46. The molecule has 7 nitrogen and oxygen atoms in total. The first-order valence-corrected chi connectivity index (χ1v) is 9.97. The minimum Gasteiger partial charge on any atom is -0.490 e. The van der Waals surface area contributed by atoms with Crippen LogP contribution in [0.2, 0.25) is 0 Å². The van der Waals surface area contributed by atoms with Crippen LogP contribution in [0.25, 0.3) is 11.0 Å². The summed E-state index contributed by atoms with van der Waals surface area (Å²) in [6.45, 7) is 4.51. The molecule has 0 spiro atoms. The topological polar surface area (TPSA) is 89.2 Å². The molecular weight excluding hydrogens is 386 g/mol. The van der Waals surface area contributed by atoms with Crippen molar-refractivity contribution in [2.75, 3.05) is 26.4 Å². The lowest BCUT2D eigenvalue weighted by Crippen LogP contribution is -2.32. The number of amides is 1. The van der Waals surface area contributed by atoms with Crippen LogP contribution in [0.1, 0.15) is 41.6 Å². The number of nitrogens with zero attached hydrogens (tertiary/aromatic N) is 1. The molecule has 0 fully saturated rings. The van der Waals surface area contributed by atoms with Gasteiger partial charge in [0.25, 0.3) is 5.91 Å². The van der Waals surface area contributed by atoms with Gasteiger partial charge < -0.3 is 23.9 Å². The Bertz CT molecular complexity index is 1150. The molecule has 2 heterocycles. The zero-order valence-electron chi connectivity index (χ0n) is 16.9. The van der Waals surface area contributed by atoms with Crippen molar-refractivity contribution in [2.45, 2.75) is 19.9 Å². The van der Waals surface area contributed by atoms with Crippen molar-refractivity contribution >= 4 is 16.9 Å². The highest BCUT2D eigenvalue weighted by molar-refractivity contribution is 5.99. The second-order valence-electron chi connectivity index (χ2n) is 6.87. The van der Waals surface area contributed by atoms with Crippen molar-refractivity contribution in [3.8, 4) is 11.5 Å². The lowest BCUT2D eigenvalue weighted by Gasteiger charge is -2.25. The Hall–Kier alpha value is -3.32. The van der Waals surface area contributed by atoms with Gasteiger partial charge in [-0.25, -0.2) is 0 Å². The number of β-amino-alcohol motifs (C(OH)–C–C–N with tert-alkyl or cyclic N) is 1. The van der Waals surface area contributed by atoms with Crippen LogP contribution in [0.4, 0.5) is 0 Å². The van der Waals surface area contributed by atoms with Gasteiger partial charge >= 0.3 is 0 Å². The number of hydrogen-bond donors (Lipinski definition) is 1. The fourth-order valence-corrected chi connectivity index (χ4v) is 3.89. The maximum Gasteiger partial charge on any atom is 0.290 e. The van der Waals surface area contributed by atoms with Gasteiger partial charge in [0, 0.05) is 6.54 Å². The van der Waals surface area contributed by atoms with E-state index >= 15 is 0 Å². The van der Waals surface area contributed by atoms with E-state index in [1.165, 1.54) is 4.90 Å². The molecule has 0 unspecified atom stereocenters. The van der Waals surface area contributed by atoms with Crippen LogP contribution in [0.3, 0.4) is 0 Å². The van der Waals surface area contributed by atoms with Gasteiger partial charge in [-0.1, -0.05) is 18.2 Å². The van der Waals surface area contributed by atoms with Gasteiger partial charge in [-0.2, -0.15) is 0 Å². The van der Waals surface area contributed by atoms with E-state index in [2.05, 4.69) is 0 Å². The first kappa shape index (κ1) is 20.0.